The van der Waals surface area contributed by atoms with E-state index in [0.29, 0.717) is 17.3 Å². The average Bonchev–Trinajstić information content (AvgIpc) is 3.45. The number of amides is 3. The lowest BCUT2D eigenvalue weighted by Gasteiger charge is -2.30. The van der Waals surface area contributed by atoms with E-state index in [1.165, 1.54) is 19.3 Å². The number of rotatable bonds is 7. The Morgan fingerprint density at radius 2 is 1.39 bits per heavy atom. The van der Waals surface area contributed by atoms with Crippen LogP contribution in [-0.4, -0.2) is 43.0 Å². The van der Waals surface area contributed by atoms with Crippen molar-refractivity contribution in [2.24, 2.45) is 5.92 Å². The molecule has 1 aliphatic heterocycles. The Morgan fingerprint density at radius 3 is 2.05 bits per heavy atom. The molecule has 38 heavy (non-hydrogen) atoms. The monoisotopic (exact) mass is 512 g/mol. The third kappa shape index (κ3) is 6.46. The van der Waals surface area contributed by atoms with Crippen molar-refractivity contribution >= 4 is 29.0 Å². The van der Waals surface area contributed by atoms with Gasteiger partial charge in [-0.25, -0.2) is 4.79 Å². The maximum atomic E-state index is 13.0. The molecule has 7 heteroatoms. The Morgan fingerprint density at radius 1 is 0.789 bits per heavy atom. The van der Waals surface area contributed by atoms with Crippen LogP contribution in [-0.2, 0) is 4.79 Å². The number of hydrogen-bond acceptors (Lipinski definition) is 4. The van der Waals surface area contributed by atoms with Crippen LogP contribution in [0.15, 0.2) is 78.9 Å². The summed E-state index contributed by atoms with van der Waals surface area (Å²) in [5.41, 5.74) is 2.50. The summed E-state index contributed by atoms with van der Waals surface area (Å²) < 4.78 is 5.79. The molecule has 1 saturated carbocycles. The molecular formula is C31H36N4O3. The Labute approximate surface area is 224 Å². The smallest absolute Gasteiger partial charge is 0.323 e. The maximum Gasteiger partial charge on any atom is 0.323 e. The number of likely N-dealkylation sites (N-methyl/N-ethyl adjacent to an activating group) is 1. The molecule has 0 bridgehead atoms. The van der Waals surface area contributed by atoms with Crippen molar-refractivity contribution in [3.05, 3.63) is 78.9 Å². The number of nitrogens with one attached hydrogen (secondary N) is 2. The highest BCUT2D eigenvalue weighted by atomic mass is 16.5. The zero-order chi connectivity index (χ0) is 26.3. The van der Waals surface area contributed by atoms with Crippen molar-refractivity contribution in [2.45, 2.75) is 44.6 Å². The molecule has 1 atom stereocenters. The third-order valence-corrected chi connectivity index (χ3v) is 7.59. The van der Waals surface area contributed by atoms with E-state index in [0.717, 1.165) is 49.5 Å². The predicted octanol–water partition coefficient (Wildman–Crippen LogP) is 6.74. The zero-order valence-electron chi connectivity index (χ0n) is 21.9. The standard InChI is InChI=1S/C31H36N4O3/c1-34(30(36)23-8-4-2-5-9-23)27-20-21-35(22-27)26-16-12-24(13-17-26)32-31(37)33-25-14-18-29(19-15-25)38-28-10-6-3-7-11-28/h3,6-7,10-19,23,27H,2,4-5,8-9,20-22H2,1H3,(H2,32,33,37). The van der Waals surface area contributed by atoms with Gasteiger partial charge in [0.15, 0.2) is 0 Å². The highest BCUT2D eigenvalue weighted by Gasteiger charge is 2.32. The van der Waals surface area contributed by atoms with E-state index in [4.69, 9.17) is 4.74 Å². The number of carbonyl (C=O) groups excluding carboxylic acids is 2. The number of ether oxygens (including phenoxy) is 1. The van der Waals surface area contributed by atoms with E-state index in [-0.39, 0.29) is 18.0 Å². The number of carbonyl (C=O) groups is 2. The number of para-hydroxylation sites is 1. The van der Waals surface area contributed by atoms with Gasteiger partial charge >= 0.3 is 6.03 Å². The summed E-state index contributed by atoms with van der Waals surface area (Å²) in [7, 11) is 1.97. The van der Waals surface area contributed by atoms with Gasteiger partial charge in [-0.2, -0.15) is 0 Å². The molecule has 2 aliphatic rings. The van der Waals surface area contributed by atoms with E-state index >= 15 is 0 Å². The minimum absolute atomic E-state index is 0.208. The second-order valence-corrected chi connectivity index (χ2v) is 10.2. The molecule has 3 aromatic rings. The first-order valence-electron chi connectivity index (χ1n) is 13.6. The number of urea groups is 1. The van der Waals surface area contributed by atoms with Gasteiger partial charge in [-0.05, 0) is 79.9 Å². The Balaban J connectivity index is 1.09. The molecule has 0 aromatic heterocycles. The van der Waals surface area contributed by atoms with Gasteiger partial charge in [-0.15, -0.1) is 0 Å². The van der Waals surface area contributed by atoms with Gasteiger partial charge in [-0.3, -0.25) is 4.79 Å². The van der Waals surface area contributed by atoms with Crippen LogP contribution in [0, 0.1) is 5.92 Å². The molecule has 2 N–H and O–H groups in total. The lowest BCUT2D eigenvalue weighted by molar-refractivity contribution is -0.137. The largest absolute Gasteiger partial charge is 0.457 e. The van der Waals surface area contributed by atoms with Gasteiger partial charge in [0.2, 0.25) is 5.91 Å². The summed E-state index contributed by atoms with van der Waals surface area (Å²) in [5, 5.41) is 5.74. The maximum absolute atomic E-state index is 13.0. The summed E-state index contributed by atoms with van der Waals surface area (Å²) in [5.74, 6) is 1.99. The van der Waals surface area contributed by atoms with Gasteiger partial charge in [-0.1, -0.05) is 37.5 Å². The Hall–Kier alpha value is -4.00. The minimum atomic E-state index is -0.307. The van der Waals surface area contributed by atoms with Crippen LogP contribution in [0.4, 0.5) is 21.9 Å². The number of nitrogens with zero attached hydrogens (tertiary/aromatic N) is 2. The predicted molar refractivity (Wildman–Crippen MR) is 152 cm³/mol. The van der Waals surface area contributed by atoms with Gasteiger partial charge in [0, 0.05) is 43.1 Å². The molecule has 0 radical (unpaired) electrons. The number of benzene rings is 3. The molecule has 1 heterocycles. The van der Waals surface area contributed by atoms with Crippen LogP contribution < -0.4 is 20.3 Å². The number of hydrogen-bond donors (Lipinski definition) is 2. The molecule has 198 valence electrons. The van der Waals surface area contributed by atoms with E-state index in [1.807, 2.05) is 78.7 Å². The van der Waals surface area contributed by atoms with Crippen molar-refractivity contribution in [3.8, 4) is 11.5 Å². The topological polar surface area (TPSA) is 73.9 Å². The molecule has 0 spiro atoms. The number of anilines is 3. The molecule has 1 unspecified atom stereocenters. The molecule has 3 amide bonds. The molecule has 2 fully saturated rings. The summed E-state index contributed by atoms with van der Waals surface area (Å²) >= 11 is 0. The fraction of sp³-hybridized carbons (Fsp3) is 0.355. The Bertz CT molecular complexity index is 1210. The minimum Gasteiger partial charge on any atom is -0.457 e. The SMILES string of the molecule is CN(C(=O)C1CCCCC1)C1CCN(c2ccc(NC(=O)Nc3ccc(Oc4ccccc4)cc3)cc2)C1. The lowest BCUT2D eigenvalue weighted by atomic mass is 9.88. The summed E-state index contributed by atoms with van der Waals surface area (Å²) in [6.07, 6.45) is 6.66. The molecule has 5 rings (SSSR count). The molecule has 1 saturated heterocycles. The second kappa shape index (κ2) is 12.0. The van der Waals surface area contributed by atoms with Gasteiger partial charge < -0.3 is 25.2 Å². The molecule has 3 aromatic carbocycles. The van der Waals surface area contributed by atoms with Crippen molar-refractivity contribution in [1.82, 2.24) is 4.90 Å². The van der Waals surface area contributed by atoms with Crippen molar-refractivity contribution in [2.75, 3.05) is 35.7 Å². The first kappa shape index (κ1) is 25.6. The fourth-order valence-corrected chi connectivity index (χ4v) is 5.39. The van der Waals surface area contributed by atoms with Crippen LogP contribution >= 0.6 is 0 Å². The van der Waals surface area contributed by atoms with Crippen LogP contribution in [0.2, 0.25) is 0 Å². The normalized spacial score (nSPS) is 17.6. The molecular weight excluding hydrogens is 476 g/mol. The first-order valence-corrected chi connectivity index (χ1v) is 13.6. The average molecular weight is 513 g/mol. The van der Waals surface area contributed by atoms with E-state index < -0.39 is 0 Å². The highest BCUT2D eigenvalue weighted by Crippen LogP contribution is 2.29. The van der Waals surface area contributed by atoms with Crippen molar-refractivity contribution in [3.63, 3.8) is 0 Å². The van der Waals surface area contributed by atoms with Gasteiger partial charge in [0.25, 0.3) is 0 Å². The highest BCUT2D eigenvalue weighted by molar-refractivity contribution is 5.99. The summed E-state index contributed by atoms with van der Waals surface area (Å²) in [6.45, 7) is 1.76. The third-order valence-electron chi connectivity index (χ3n) is 7.59. The summed E-state index contributed by atoms with van der Waals surface area (Å²) in [4.78, 5) is 29.8. The zero-order valence-corrected chi connectivity index (χ0v) is 21.9. The Kier molecular flexibility index (Phi) is 8.12. The van der Waals surface area contributed by atoms with E-state index in [1.54, 1.807) is 12.1 Å². The van der Waals surface area contributed by atoms with Crippen LogP contribution in [0.3, 0.4) is 0 Å². The van der Waals surface area contributed by atoms with E-state index in [9.17, 15) is 9.59 Å². The van der Waals surface area contributed by atoms with Crippen LogP contribution in [0.25, 0.3) is 0 Å². The van der Waals surface area contributed by atoms with Crippen molar-refractivity contribution < 1.29 is 14.3 Å². The molecule has 1 aliphatic carbocycles. The van der Waals surface area contributed by atoms with Gasteiger partial charge in [0.1, 0.15) is 11.5 Å². The lowest BCUT2D eigenvalue weighted by Crippen LogP contribution is -2.42. The van der Waals surface area contributed by atoms with Crippen molar-refractivity contribution in [1.29, 1.82) is 0 Å². The van der Waals surface area contributed by atoms with E-state index in [2.05, 4.69) is 15.5 Å². The van der Waals surface area contributed by atoms with Crippen LogP contribution in [0.1, 0.15) is 38.5 Å². The fourth-order valence-electron chi connectivity index (χ4n) is 5.39. The van der Waals surface area contributed by atoms with Gasteiger partial charge in [0.05, 0.1) is 6.04 Å². The first-order chi connectivity index (χ1) is 18.5. The molecule has 7 nitrogen and oxygen atoms in total. The quantitative estimate of drug-likeness (QED) is 0.368. The second-order valence-electron chi connectivity index (χ2n) is 10.2. The summed E-state index contributed by atoms with van der Waals surface area (Å²) in [6, 6.07) is 24.6. The van der Waals surface area contributed by atoms with Crippen LogP contribution in [0.5, 0.6) is 11.5 Å².